The third-order valence-electron chi connectivity index (χ3n) is 5.71. The molecule has 0 N–H and O–H groups in total. The van der Waals surface area contributed by atoms with Gasteiger partial charge < -0.3 is 4.90 Å². The summed E-state index contributed by atoms with van der Waals surface area (Å²) in [4.78, 5) is 21.5. The van der Waals surface area contributed by atoms with Crippen LogP contribution in [-0.2, 0) is 14.8 Å². The Morgan fingerprint density at radius 1 is 1.26 bits per heavy atom. The van der Waals surface area contributed by atoms with Crippen LogP contribution in [0.15, 0.2) is 33.9 Å². The summed E-state index contributed by atoms with van der Waals surface area (Å²) in [6, 6.07) is 5.23. The number of piperidine rings is 1. The van der Waals surface area contributed by atoms with E-state index in [9.17, 15) is 22.0 Å². The van der Waals surface area contributed by atoms with Crippen molar-refractivity contribution in [2.24, 2.45) is 5.92 Å². The third kappa shape index (κ3) is 5.30. The highest BCUT2D eigenvalue weighted by Gasteiger charge is 2.36. The highest BCUT2D eigenvalue weighted by atomic mass is 32.2. The van der Waals surface area contributed by atoms with E-state index in [0.29, 0.717) is 42.2 Å². The molecular formula is C22H26F2N4O3S3. The molecule has 1 aromatic carbocycles. The number of aromatic nitrogens is 1. The van der Waals surface area contributed by atoms with Crippen molar-refractivity contribution < 1.29 is 22.0 Å². The predicted octanol–water partition coefficient (Wildman–Crippen LogP) is 4.02. The van der Waals surface area contributed by atoms with E-state index in [2.05, 4.69) is 4.98 Å². The number of hydrogen-bond acceptors (Lipinski definition) is 7. The van der Waals surface area contributed by atoms with Crippen LogP contribution in [0.4, 0.5) is 13.9 Å². The van der Waals surface area contributed by atoms with Crippen molar-refractivity contribution in [3.8, 4) is 0 Å². The minimum absolute atomic E-state index is 0.0253. The van der Waals surface area contributed by atoms with Gasteiger partial charge in [0.25, 0.3) is 10.0 Å². The molecule has 7 nitrogen and oxygen atoms in total. The lowest BCUT2D eigenvalue weighted by molar-refractivity contribution is -0.123. The van der Waals surface area contributed by atoms with Crippen molar-refractivity contribution in [2.75, 3.05) is 45.2 Å². The number of thiophene rings is 1. The number of nitrogens with zero attached hydrogens (tertiary/aromatic N) is 4. The Morgan fingerprint density at radius 2 is 2.06 bits per heavy atom. The van der Waals surface area contributed by atoms with Crippen molar-refractivity contribution in [3.05, 3.63) is 41.3 Å². The topological polar surface area (TPSA) is 73.8 Å². The molecule has 3 heterocycles. The van der Waals surface area contributed by atoms with Gasteiger partial charge in [0.2, 0.25) is 5.91 Å². The van der Waals surface area contributed by atoms with Gasteiger partial charge in [-0.2, -0.15) is 4.31 Å². The van der Waals surface area contributed by atoms with Crippen LogP contribution in [0, 0.1) is 17.6 Å². The van der Waals surface area contributed by atoms with Gasteiger partial charge in [-0.15, -0.1) is 11.3 Å². The molecule has 1 amide bonds. The Labute approximate surface area is 205 Å². The fourth-order valence-corrected chi connectivity index (χ4v) is 7.73. The summed E-state index contributed by atoms with van der Waals surface area (Å²) >= 11 is 2.21. The molecule has 1 fully saturated rings. The molecule has 0 spiro atoms. The van der Waals surface area contributed by atoms with Gasteiger partial charge in [-0.1, -0.05) is 17.4 Å². The van der Waals surface area contributed by atoms with Crippen LogP contribution in [-0.4, -0.2) is 68.8 Å². The second-order valence-corrected chi connectivity index (χ2v) is 12.6. The predicted molar refractivity (Wildman–Crippen MR) is 131 cm³/mol. The first kappa shape index (κ1) is 25.1. The van der Waals surface area contributed by atoms with Gasteiger partial charge in [-0.05, 0) is 57.4 Å². The molecule has 2 aromatic heterocycles. The summed E-state index contributed by atoms with van der Waals surface area (Å²) < 4.78 is 56.0. The van der Waals surface area contributed by atoms with E-state index >= 15 is 0 Å². The van der Waals surface area contributed by atoms with Crippen LogP contribution in [0.2, 0.25) is 0 Å². The number of thiazole rings is 1. The van der Waals surface area contributed by atoms with Gasteiger partial charge >= 0.3 is 0 Å². The maximum atomic E-state index is 14.3. The number of anilines is 1. The van der Waals surface area contributed by atoms with Gasteiger partial charge in [0, 0.05) is 25.7 Å². The first-order chi connectivity index (χ1) is 16.2. The first-order valence-electron chi connectivity index (χ1n) is 10.9. The van der Waals surface area contributed by atoms with Crippen LogP contribution in [0.25, 0.3) is 10.2 Å². The van der Waals surface area contributed by atoms with Crippen LogP contribution in [0.1, 0.15) is 19.3 Å². The van der Waals surface area contributed by atoms with E-state index in [1.807, 2.05) is 19.0 Å². The van der Waals surface area contributed by atoms with Crippen molar-refractivity contribution in [1.82, 2.24) is 14.2 Å². The van der Waals surface area contributed by atoms with Crippen molar-refractivity contribution in [3.63, 3.8) is 0 Å². The summed E-state index contributed by atoms with van der Waals surface area (Å²) in [6.45, 7) is 1.50. The summed E-state index contributed by atoms with van der Waals surface area (Å²) in [5.41, 5.74) is 0.0253. The van der Waals surface area contributed by atoms with Crippen LogP contribution in [0.5, 0.6) is 0 Å². The number of sulfonamides is 1. The van der Waals surface area contributed by atoms with Gasteiger partial charge in [0.05, 0.1) is 10.6 Å². The number of benzene rings is 1. The molecule has 0 bridgehead atoms. The minimum Gasteiger partial charge on any atom is -0.309 e. The van der Waals surface area contributed by atoms with E-state index in [4.69, 9.17) is 0 Å². The van der Waals surface area contributed by atoms with Crippen LogP contribution < -0.4 is 4.90 Å². The Kier molecular flexibility index (Phi) is 7.63. The second kappa shape index (κ2) is 10.3. The molecule has 184 valence electrons. The van der Waals surface area contributed by atoms with Gasteiger partial charge in [0.15, 0.2) is 10.9 Å². The molecule has 12 heteroatoms. The highest BCUT2D eigenvalue weighted by molar-refractivity contribution is 7.91. The number of amides is 1. The number of fused-ring (bicyclic) bond motifs is 1. The molecule has 0 radical (unpaired) electrons. The number of hydrogen-bond donors (Lipinski definition) is 0. The molecular weight excluding hydrogens is 502 g/mol. The summed E-state index contributed by atoms with van der Waals surface area (Å²) in [5, 5.41) is 2.00. The molecule has 1 aliphatic heterocycles. The fourth-order valence-electron chi connectivity index (χ4n) is 4.03. The minimum atomic E-state index is -3.66. The number of rotatable bonds is 8. The SMILES string of the molecule is CN(C)CCCN(C(=O)C1CCCN(S(=O)(=O)c2cccs2)C1)c1nc2c(F)cc(F)cc2s1. The van der Waals surface area contributed by atoms with Gasteiger partial charge in [0.1, 0.15) is 15.5 Å². The standard InChI is InChI=1S/C22H26F2N4O3S3/c1-26(2)8-5-10-28(22-25-20-17(24)12-16(23)13-18(20)33-22)21(29)15-6-3-9-27(14-15)34(30,31)19-7-4-11-32-19/h4,7,11-13,15H,3,5-6,8-10,14H2,1-2H3. The molecule has 4 rings (SSSR count). The normalized spacial score (nSPS) is 17.5. The van der Waals surface area contributed by atoms with Gasteiger partial charge in [-0.3, -0.25) is 9.69 Å². The molecule has 1 atom stereocenters. The largest absolute Gasteiger partial charge is 0.309 e. The lowest BCUT2D eigenvalue weighted by Gasteiger charge is -2.33. The molecule has 3 aromatic rings. The van der Waals surface area contributed by atoms with E-state index in [1.54, 1.807) is 17.5 Å². The average molecular weight is 529 g/mol. The molecule has 0 saturated carbocycles. The first-order valence-corrected chi connectivity index (χ1v) is 14.1. The summed E-state index contributed by atoms with van der Waals surface area (Å²) in [6.07, 6.45) is 1.76. The van der Waals surface area contributed by atoms with Crippen molar-refractivity contribution >= 4 is 54.0 Å². The molecule has 34 heavy (non-hydrogen) atoms. The monoisotopic (exact) mass is 528 g/mol. The van der Waals surface area contributed by atoms with Crippen LogP contribution >= 0.6 is 22.7 Å². The zero-order valence-electron chi connectivity index (χ0n) is 18.9. The van der Waals surface area contributed by atoms with E-state index in [0.717, 1.165) is 35.3 Å². The smallest absolute Gasteiger partial charge is 0.252 e. The van der Waals surface area contributed by atoms with Crippen molar-refractivity contribution in [1.29, 1.82) is 0 Å². The van der Waals surface area contributed by atoms with Crippen LogP contribution in [0.3, 0.4) is 0 Å². The fraction of sp³-hybridized carbons (Fsp3) is 0.455. The van der Waals surface area contributed by atoms with Gasteiger partial charge in [-0.25, -0.2) is 22.2 Å². The molecule has 1 saturated heterocycles. The lowest BCUT2D eigenvalue weighted by Crippen LogP contribution is -2.47. The average Bonchev–Trinajstić information content (AvgIpc) is 3.47. The molecule has 1 unspecified atom stereocenters. The number of carbonyl (C=O) groups excluding carboxylic acids is 1. The third-order valence-corrected chi connectivity index (χ3v) is 9.97. The lowest BCUT2D eigenvalue weighted by atomic mass is 9.98. The quantitative estimate of drug-likeness (QED) is 0.442. The zero-order chi connectivity index (χ0) is 24.5. The Morgan fingerprint density at radius 3 is 2.76 bits per heavy atom. The van der Waals surface area contributed by atoms with E-state index in [1.165, 1.54) is 15.3 Å². The maximum Gasteiger partial charge on any atom is 0.252 e. The number of carbonyl (C=O) groups is 1. The van der Waals surface area contributed by atoms with Crippen molar-refractivity contribution in [2.45, 2.75) is 23.5 Å². The maximum absolute atomic E-state index is 14.3. The zero-order valence-corrected chi connectivity index (χ0v) is 21.4. The number of halogens is 2. The molecule has 0 aliphatic carbocycles. The Hall–Kier alpha value is -1.99. The van der Waals surface area contributed by atoms with E-state index < -0.39 is 27.6 Å². The van der Waals surface area contributed by atoms with E-state index in [-0.39, 0.29) is 22.2 Å². The molecule has 1 aliphatic rings. The second-order valence-electron chi connectivity index (χ2n) is 8.51. The summed E-state index contributed by atoms with van der Waals surface area (Å²) in [7, 11) is 0.190. The summed E-state index contributed by atoms with van der Waals surface area (Å²) in [5.74, 6) is -2.27. The highest BCUT2D eigenvalue weighted by Crippen LogP contribution is 2.34. The Bertz CT molecular complexity index is 1260. The Balaban J connectivity index is 1.61.